The summed E-state index contributed by atoms with van der Waals surface area (Å²) in [5.74, 6) is 5.74. The Balaban J connectivity index is 1.42. The third kappa shape index (κ3) is 3.22. The Hall–Kier alpha value is -0.330. The molecule has 0 aromatic carbocycles. The highest BCUT2D eigenvalue weighted by molar-refractivity contribution is 5.14. The molecule has 6 heteroatoms. The quantitative estimate of drug-likeness (QED) is 0.318. The standard InChI is InChI=1S/C22H35F3O3/c1-12-13(2)17-9-16(12)19-14-7-15(18(8-14)20(17)19)10-21(3,22(23,24)25)28-11-27-6-5-26-4/h12-20H,5-11H2,1-4H3. The number of halogens is 3. The van der Waals surface area contributed by atoms with Gasteiger partial charge in [-0.25, -0.2) is 0 Å². The first-order chi connectivity index (χ1) is 13.2. The van der Waals surface area contributed by atoms with Crippen LogP contribution >= 0.6 is 0 Å². The van der Waals surface area contributed by atoms with E-state index < -0.39 is 11.8 Å². The summed E-state index contributed by atoms with van der Waals surface area (Å²) in [5, 5.41) is 0. The molecule has 0 heterocycles. The highest BCUT2D eigenvalue weighted by atomic mass is 19.4. The van der Waals surface area contributed by atoms with E-state index in [1.807, 2.05) is 0 Å². The first-order valence-electron chi connectivity index (χ1n) is 11.0. The Morgan fingerprint density at radius 1 is 0.893 bits per heavy atom. The summed E-state index contributed by atoms with van der Waals surface area (Å²) in [4.78, 5) is 0. The van der Waals surface area contributed by atoms with E-state index in [1.165, 1.54) is 20.5 Å². The highest BCUT2D eigenvalue weighted by Crippen LogP contribution is 2.72. The lowest BCUT2D eigenvalue weighted by molar-refractivity contribution is -0.299. The monoisotopic (exact) mass is 404 g/mol. The SMILES string of the molecule is COCCOCOC(C)(CC1CC2CC1C1C3CC(C(C)C3C)C21)C(F)(F)F. The molecule has 4 fully saturated rings. The van der Waals surface area contributed by atoms with E-state index in [9.17, 15) is 13.2 Å². The predicted molar refractivity (Wildman–Crippen MR) is 99.5 cm³/mol. The zero-order valence-corrected chi connectivity index (χ0v) is 17.5. The van der Waals surface area contributed by atoms with Crippen molar-refractivity contribution in [1.29, 1.82) is 0 Å². The summed E-state index contributed by atoms with van der Waals surface area (Å²) in [5.41, 5.74) is -2.14. The normalized spacial score (nSPS) is 46.2. The largest absolute Gasteiger partial charge is 0.417 e. The van der Waals surface area contributed by atoms with Crippen LogP contribution < -0.4 is 0 Å². The number of rotatable bonds is 8. The summed E-state index contributed by atoms with van der Waals surface area (Å²) in [7, 11) is 1.53. The molecule has 0 saturated heterocycles. The summed E-state index contributed by atoms with van der Waals surface area (Å²) in [6.45, 7) is 6.22. The third-order valence-corrected chi connectivity index (χ3v) is 9.13. The van der Waals surface area contributed by atoms with E-state index >= 15 is 0 Å². The van der Waals surface area contributed by atoms with Crippen molar-refractivity contribution in [2.75, 3.05) is 27.1 Å². The van der Waals surface area contributed by atoms with Gasteiger partial charge in [-0.2, -0.15) is 13.2 Å². The second-order valence-electron chi connectivity index (χ2n) is 10.2. The van der Waals surface area contributed by atoms with Gasteiger partial charge in [-0.05, 0) is 85.9 Å². The van der Waals surface area contributed by atoms with Gasteiger partial charge in [0.25, 0.3) is 0 Å². The Bertz CT molecular complexity index is 568. The molecule has 3 nitrogen and oxygen atoms in total. The molecule has 0 aromatic heterocycles. The molecule has 0 spiro atoms. The van der Waals surface area contributed by atoms with E-state index in [0.29, 0.717) is 24.4 Å². The van der Waals surface area contributed by atoms with E-state index in [-0.39, 0.29) is 25.7 Å². The molecule has 10 atom stereocenters. The van der Waals surface area contributed by atoms with Gasteiger partial charge in [0.15, 0.2) is 5.60 Å². The van der Waals surface area contributed by atoms with Crippen LogP contribution in [0.2, 0.25) is 0 Å². The highest BCUT2D eigenvalue weighted by Gasteiger charge is 2.67. The first kappa shape index (κ1) is 20.9. The van der Waals surface area contributed by atoms with Crippen molar-refractivity contribution >= 4 is 0 Å². The lowest BCUT2D eigenvalue weighted by atomic mass is 9.61. The molecule has 0 aliphatic heterocycles. The maximum Gasteiger partial charge on any atom is 0.417 e. The lowest BCUT2D eigenvalue weighted by Crippen LogP contribution is -2.48. The molecule has 4 bridgehead atoms. The summed E-state index contributed by atoms with van der Waals surface area (Å²) in [6, 6.07) is 0. The van der Waals surface area contributed by atoms with Gasteiger partial charge in [-0.1, -0.05) is 13.8 Å². The number of ether oxygens (including phenoxy) is 3. The fraction of sp³-hybridized carbons (Fsp3) is 1.00. The summed E-state index contributed by atoms with van der Waals surface area (Å²) >= 11 is 0. The van der Waals surface area contributed by atoms with Crippen molar-refractivity contribution in [1.82, 2.24) is 0 Å². The molecule has 0 aromatic rings. The molecule has 0 N–H and O–H groups in total. The van der Waals surface area contributed by atoms with Crippen LogP contribution in [0.15, 0.2) is 0 Å². The number of methoxy groups -OCH3 is 1. The van der Waals surface area contributed by atoms with Crippen LogP contribution in [-0.4, -0.2) is 38.9 Å². The molecule has 4 aliphatic carbocycles. The Kier molecular flexibility index (Phi) is 5.54. The fourth-order valence-corrected chi connectivity index (χ4v) is 7.73. The molecule has 4 aliphatic rings. The van der Waals surface area contributed by atoms with E-state index in [4.69, 9.17) is 14.2 Å². The van der Waals surface area contributed by atoms with Gasteiger partial charge in [0.2, 0.25) is 0 Å². The van der Waals surface area contributed by atoms with Crippen molar-refractivity contribution in [3.63, 3.8) is 0 Å². The van der Waals surface area contributed by atoms with E-state index in [0.717, 1.165) is 42.4 Å². The topological polar surface area (TPSA) is 27.7 Å². The maximum atomic E-state index is 13.9. The maximum absolute atomic E-state index is 13.9. The Morgan fingerprint density at radius 3 is 2.21 bits per heavy atom. The summed E-state index contributed by atoms with van der Waals surface area (Å²) in [6.07, 6.45) is -0.913. The van der Waals surface area contributed by atoms with Gasteiger partial charge < -0.3 is 14.2 Å². The Labute approximate surface area is 166 Å². The minimum absolute atomic E-state index is 0.0653. The van der Waals surface area contributed by atoms with Gasteiger partial charge in [0, 0.05) is 7.11 Å². The molecule has 28 heavy (non-hydrogen) atoms. The average molecular weight is 405 g/mol. The number of fused-ring (bicyclic) bond motifs is 9. The van der Waals surface area contributed by atoms with Gasteiger partial charge in [-0.3, -0.25) is 0 Å². The minimum atomic E-state index is -4.39. The van der Waals surface area contributed by atoms with Gasteiger partial charge >= 0.3 is 6.18 Å². The van der Waals surface area contributed by atoms with Crippen molar-refractivity contribution < 1.29 is 27.4 Å². The van der Waals surface area contributed by atoms with E-state index in [2.05, 4.69) is 13.8 Å². The van der Waals surface area contributed by atoms with Crippen LogP contribution in [0.5, 0.6) is 0 Å². The minimum Gasteiger partial charge on any atom is -0.382 e. The molecule has 0 amide bonds. The molecular weight excluding hydrogens is 369 g/mol. The zero-order valence-electron chi connectivity index (χ0n) is 17.5. The first-order valence-corrected chi connectivity index (χ1v) is 11.0. The van der Waals surface area contributed by atoms with Crippen molar-refractivity contribution in [2.24, 2.45) is 53.3 Å². The third-order valence-electron chi connectivity index (χ3n) is 9.13. The van der Waals surface area contributed by atoms with Crippen molar-refractivity contribution in [3.8, 4) is 0 Å². The van der Waals surface area contributed by atoms with Gasteiger partial charge in [0.1, 0.15) is 6.79 Å². The van der Waals surface area contributed by atoms with Crippen molar-refractivity contribution in [3.05, 3.63) is 0 Å². The fourth-order valence-electron chi connectivity index (χ4n) is 7.73. The lowest BCUT2D eigenvalue weighted by Gasteiger charge is -2.45. The molecule has 4 rings (SSSR count). The second kappa shape index (κ2) is 7.42. The second-order valence-corrected chi connectivity index (χ2v) is 10.2. The predicted octanol–water partition coefficient (Wildman–Crippen LogP) is 5.14. The molecule has 4 saturated carbocycles. The summed E-state index contributed by atoms with van der Waals surface area (Å²) < 4.78 is 57.1. The Morgan fingerprint density at radius 2 is 1.57 bits per heavy atom. The van der Waals surface area contributed by atoms with Gasteiger partial charge in [0.05, 0.1) is 13.2 Å². The van der Waals surface area contributed by atoms with Crippen LogP contribution in [0.4, 0.5) is 13.2 Å². The van der Waals surface area contributed by atoms with Crippen molar-refractivity contribution in [2.45, 2.75) is 58.2 Å². The number of hydrogen-bond donors (Lipinski definition) is 0. The van der Waals surface area contributed by atoms with Crippen LogP contribution in [-0.2, 0) is 14.2 Å². The van der Waals surface area contributed by atoms with E-state index in [1.54, 1.807) is 0 Å². The zero-order chi connectivity index (χ0) is 20.3. The van der Waals surface area contributed by atoms with Crippen LogP contribution in [0, 0.1) is 53.3 Å². The molecular formula is C22H35F3O3. The number of alkyl halides is 3. The number of hydrogen-bond acceptors (Lipinski definition) is 3. The van der Waals surface area contributed by atoms with Crippen LogP contribution in [0.25, 0.3) is 0 Å². The van der Waals surface area contributed by atoms with Crippen LogP contribution in [0.1, 0.15) is 46.5 Å². The average Bonchev–Trinajstić information content (AvgIpc) is 3.34. The molecule has 10 unspecified atom stereocenters. The smallest absolute Gasteiger partial charge is 0.382 e. The molecule has 162 valence electrons. The van der Waals surface area contributed by atoms with Gasteiger partial charge in [-0.15, -0.1) is 0 Å². The van der Waals surface area contributed by atoms with Crippen LogP contribution in [0.3, 0.4) is 0 Å². The molecule has 0 radical (unpaired) electrons.